The normalized spacial score (nSPS) is 27.1. The Bertz CT molecular complexity index is 866. The summed E-state index contributed by atoms with van der Waals surface area (Å²) in [5, 5.41) is 37.7. The van der Waals surface area contributed by atoms with Crippen molar-refractivity contribution in [2.45, 2.75) is 24.4 Å². The second-order valence-electron chi connectivity index (χ2n) is 5.66. The molecule has 0 radical (unpaired) electrons. The molecule has 3 aromatic heterocycles. The maximum absolute atomic E-state index is 10.3. The maximum atomic E-state index is 10.3. The molecule has 4 rings (SSSR count). The molecule has 1 saturated heterocycles. The van der Waals surface area contributed by atoms with Gasteiger partial charge in [0.15, 0.2) is 5.82 Å². The van der Waals surface area contributed by atoms with Gasteiger partial charge in [-0.1, -0.05) is 0 Å². The van der Waals surface area contributed by atoms with E-state index in [1.165, 1.54) is 6.33 Å². The van der Waals surface area contributed by atoms with Crippen LogP contribution in [0.25, 0.3) is 16.6 Å². The SMILES string of the molecule is Nc1ncnn2c([C@@H]3O[C@H](CO)[C@@H](O)[C@H]3O)cc(-c3ccsc3)c12. The van der Waals surface area contributed by atoms with Crippen LogP contribution in [-0.2, 0) is 4.74 Å². The summed E-state index contributed by atoms with van der Waals surface area (Å²) in [6.07, 6.45) is -2.70. The first kappa shape index (κ1) is 15.5. The van der Waals surface area contributed by atoms with Crippen molar-refractivity contribution >= 4 is 22.7 Å². The van der Waals surface area contributed by atoms with Gasteiger partial charge in [0.1, 0.15) is 36.3 Å². The van der Waals surface area contributed by atoms with E-state index in [1.54, 1.807) is 15.9 Å². The van der Waals surface area contributed by atoms with Gasteiger partial charge >= 0.3 is 0 Å². The molecule has 8 nitrogen and oxygen atoms in total. The van der Waals surface area contributed by atoms with Gasteiger partial charge in [0.05, 0.1) is 12.3 Å². The van der Waals surface area contributed by atoms with Crippen molar-refractivity contribution in [2.75, 3.05) is 12.3 Å². The van der Waals surface area contributed by atoms with Gasteiger partial charge in [0.2, 0.25) is 0 Å². The highest BCUT2D eigenvalue weighted by Gasteiger charge is 2.44. The molecule has 4 heterocycles. The molecule has 0 amide bonds. The number of thiophene rings is 1. The molecule has 126 valence electrons. The molecule has 24 heavy (non-hydrogen) atoms. The second kappa shape index (κ2) is 5.80. The fourth-order valence-electron chi connectivity index (χ4n) is 3.08. The lowest BCUT2D eigenvalue weighted by Gasteiger charge is -2.14. The zero-order valence-electron chi connectivity index (χ0n) is 12.5. The van der Waals surface area contributed by atoms with Crippen LogP contribution in [0.3, 0.4) is 0 Å². The molecule has 1 fully saturated rings. The third-order valence-corrected chi connectivity index (χ3v) is 4.96. The topological polar surface area (TPSA) is 126 Å². The molecular formula is C15H16N4O4S. The number of nitrogens with two attached hydrogens (primary N) is 1. The first-order valence-electron chi connectivity index (χ1n) is 7.39. The van der Waals surface area contributed by atoms with Crippen molar-refractivity contribution in [3.63, 3.8) is 0 Å². The predicted octanol–water partition coefficient (Wildman–Crippen LogP) is 0.194. The Balaban J connectivity index is 1.90. The lowest BCUT2D eigenvalue weighted by Crippen LogP contribution is -2.32. The Hall–Kier alpha value is -2.04. The van der Waals surface area contributed by atoms with E-state index < -0.39 is 24.4 Å². The lowest BCUT2D eigenvalue weighted by molar-refractivity contribution is -0.0244. The summed E-state index contributed by atoms with van der Waals surface area (Å²) >= 11 is 1.55. The summed E-state index contributed by atoms with van der Waals surface area (Å²) in [7, 11) is 0. The van der Waals surface area contributed by atoms with Gasteiger partial charge in [-0.05, 0) is 28.5 Å². The highest BCUT2D eigenvalue weighted by atomic mass is 32.1. The van der Waals surface area contributed by atoms with E-state index in [9.17, 15) is 15.3 Å². The maximum Gasteiger partial charge on any atom is 0.151 e. The fourth-order valence-corrected chi connectivity index (χ4v) is 3.73. The number of nitrogen functional groups attached to an aromatic ring is 1. The number of nitrogens with zero attached hydrogens (tertiary/aromatic N) is 3. The van der Waals surface area contributed by atoms with E-state index >= 15 is 0 Å². The number of ether oxygens (including phenoxy) is 1. The van der Waals surface area contributed by atoms with Crippen molar-refractivity contribution in [1.82, 2.24) is 14.6 Å². The number of rotatable bonds is 3. The van der Waals surface area contributed by atoms with Crippen molar-refractivity contribution in [1.29, 1.82) is 0 Å². The predicted molar refractivity (Wildman–Crippen MR) is 87.4 cm³/mol. The molecule has 0 spiro atoms. The van der Waals surface area contributed by atoms with Gasteiger partial charge in [0, 0.05) is 5.56 Å². The van der Waals surface area contributed by atoms with Crippen LogP contribution in [0.2, 0.25) is 0 Å². The number of hydrogen-bond acceptors (Lipinski definition) is 8. The van der Waals surface area contributed by atoms with Crippen LogP contribution in [0.1, 0.15) is 11.8 Å². The second-order valence-corrected chi connectivity index (χ2v) is 6.44. The first-order chi connectivity index (χ1) is 11.6. The molecule has 1 aliphatic rings. The standard InChI is InChI=1S/C15H16N4O4S/c16-15-11-8(7-1-2-24-5-7)3-9(19(11)18-6-17-15)14-13(22)12(21)10(4-20)23-14/h1-3,5-6,10,12-14,20-22H,4H2,(H2,16,17,18)/t10-,12-,13-,14+/m1/s1. The molecule has 0 bridgehead atoms. The monoisotopic (exact) mass is 348 g/mol. The van der Waals surface area contributed by atoms with Gasteiger partial charge in [-0.2, -0.15) is 16.4 Å². The van der Waals surface area contributed by atoms with Gasteiger partial charge in [-0.3, -0.25) is 0 Å². The Morgan fingerprint density at radius 3 is 2.83 bits per heavy atom. The number of anilines is 1. The average molecular weight is 348 g/mol. The van der Waals surface area contributed by atoms with Crippen molar-refractivity contribution in [2.24, 2.45) is 0 Å². The van der Waals surface area contributed by atoms with Gasteiger partial charge in [-0.15, -0.1) is 0 Å². The van der Waals surface area contributed by atoms with E-state index in [0.29, 0.717) is 17.0 Å². The summed E-state index contributed by atoms with van der Waals surface area (Å²) < 4.78 is 7.20. The minimum absolute atomic E-state index is 0.309. The quantitative estimate of drug-likeness (QED) is 0.532. The number of aromatic nitrogens is 3. The van der Waals surface area contributed by atoms with Crippen LogP contribution < -0.4 is 5.73 Å². The Morgan fingerprint density at radius 1 is 1.33 bits per heavy atom. The average Bonchev–Trinajstić information content (AvgIpc) is 3.28. The third-order valence-electron chi connectivity index (χ3n) is 4.28. The van der Waals surface area contributed by atoms with Crippen molar-refractivity contribution < 1.29 is 20.1 Å². The molecule has 0 unspecified atom stereocenters. The van der Waals surface area contributed by atoms with E-state index in [-0.39, 0.29) is 6.61 Å². The summed E-state index contributed by atoms with van der Waals surface area (Å²) in [5.41, 5.74) is 8.96. The largest absolute Gasteiger partial charge is 0.394 e. The third kappa shape index (κ3) is 2.21. The molecule has 0 saturated carbocycles. The van der Waals surface area contributed by atoms with Crippen molar-refractivity contribution in [3.8, 4) is 11.1 Å². The summed E-state index contributed by atoms with van der Waals surface area (Å²) in [6, 6.07) is 3.77. The van der Waals surface area contributed by atoms with Crippen LogP contribution in [0.5, 0.6) is 0 Å². The number of aliphatic hydroxyl groups excluding tert-OH is 3. The lowest BCUT2D eigenvalue weighted by atomic mass is 10.0. The Kier molecular flexibility index (Phi) is 3.74. The molecule has 4 atom stereocenters. The van der Waals surface area contributed by atoms with E-state index in [4.69, 9.17) is 10.5 Å². The molecule has 9 heteroatoms. The van der Waals surface area contributed by atoms with Gasteiger partial charge in [0.25, 0.3) is 0 Å². The minimum atomic E-state index is -1.17. The molecule has 3 aromatic rings. The van der Waals surface area contributed by atoms with Crippen LogP contribution >= 0.6 is 11.3 Å². The number of fused-ring (bicyclic) bond motifs is 1. The highest BCUT2D eigenvalue weighted by molar-refractivity contribution is 7.08. The van der Waals surface area contributed by atoms with Crippen LogP contribution in [0.15, 0.2) is 29.2 Å². The fraction of sp³-hybridized carbons (Fsp3) is 0.333. The van der Waals surface area contributed by atoms with Gasteiger partial charge < -0.3 is 25.8 Å². The molecule has 0 aromatic carbocycles. The van der Waals surface area contributed by atoms with E-state index in [1.807, 2.05) is 22.9 Å². The summed E-state index contributed by atoms with van der Waals surface area (Å²) in [6.45, 7) is -0.382. The molecule has 1 aliphatic heterocycles. The molecule has 0 aliphatic carbocycles. The van der Waals surface area contributed by atoms with E-state index in [0.717, 1.165) is 11.1 Å². The molecule has 5 N–H and O–H groups in total. The summed E-state index contributed by atoms with van der Waals surface area (Å²) in [5.74, 6) is 0.309. The van der Waals surface area contributed by atoms with Gasteiger partial charge in [-0.25, -0.2) is 9.50 Å². The van der Waals surface area contributed by atoms with E-state index in [2.05, 4.69) is 10.1 Å². The first-order valence-corrected chi connectivity index (χ1v) is 8.33. The van der Waals surface area contributed by atoms with Crippen molar-refractivity contribution in [3.05, 3.63) is 34.9 Å². The number of hydrogen-bond donors (Lipinski definition) is 4. The molecular weight excluding hydrogens is 332 g/mol. The zero-order chi connectivity index (χ0) is 16.8. The van der Waals surface area contributed by atoms with Crippen LogP contribution in [-0.4, -0.2) is 54.8 Å². The zero-order valence-corrected chi connectivity index (χ0v) is 13.3. The van der Waals surface area contributed by atoms with Crippen LogP contribution in [0.4, 0.5) is 5.82 Å². The smallest absolute Gasteiger partial charge is 0.151 e. The highest BCUT2D eigenvalue weighted by Crippen LogP contribution is 2.39. The Morgan fingerprint density at radius 2 is 2.17 bits per heavy atom. The minimum Gasteiger partial charge on any atom is -0.394 e. The number of aliphatic hydroxyl groups is 3. The summed E-state index contributed by atoms with van der Waals surface area (Å²) in [4.78, 5) is 4.04. The van der Waals surface area contributed by atoms with Crippen LogP contribution in [0, 0.1) is 0 Å². The Labute approximate surface area is 140 Å².